The van der Waals surface area contributed by atoms with Crippen molar-refractivity contribution in [2.24, 2.45) is 0 Å². The number of hydrogen-bond acceptors (Lipinski definition) is 2. The molecule has 0 saturated heterocycles. The van der Waals surface area contributed by atoms with Gasteiger partial charge in [-0.2, -0.15) is 5.10 Å². The molecule has 0 fully saturated rings. The Hall–Kier alpha value is -2.53. The summed E-state index contributed by atoms with van der Waals surface area (Å²) in [7, 11) is 3.94. The van der Waals surface area contributed by atoms with Crippen molar-refractivity contribution in [3.05, 3.63) is 71.4 Å². The van der Waals surface area contributed by atoms with Crippen LogP contribution in [-0.4, -0.2) is 28.8 Å². The molecule has 24 heavy (non-hydrogen) atoms. The van der Waals surface area contributed by atoms with E-state index in [0.717, 1.165) is 28.5 Å². The number of aryl methyl sites for hydroxylation is 1. The molecule has 0 N–H and O–H groups in total. The van der Waals surface area contributed by atoms with Crippen molar-refractivity contribution in [2.75, 3.05) is 14.1 Å². The Bertz CT molecular complexity index is 869. The van der Waals surface area contributed by atoms with E-state index >= 15 is 0 Å². The Balaban J connectivity index is 2.15. The van der Waals surface area contributed by atoms with Crippen molar-refractivity contribution >= 4 is 0 Å². The van der Waals surface area contributed by atoms with Crippen molar-refractivity contribution in [2.45, 2.75) is 13.5 Å². The summed E-state index contributed by atoms with van der Waals surface area (Å²) in [6, 6.07) is 11.5. The van der Waals surface area contributed by atoms with E-state index in [2.05, 4.69) is 5.10 Å². The van der Waals surface area contributed by atoms with Crippen molar-refractivity contribution in [3.63, 3.8) is 0 Å². The lowest BCUT2D eigenvalue weighted by Gasteiger charge is -2.10. The largest absolute Gasteiger partial charge is 0.305 e. The van der Waals surface area contributed by atoms with Crippen LogP contribution in [0.4, 0.5) is 8.78 Å². The first-order chi connectivity index (χ1) is 11.5. The van der Waals surface area contributed by atoms with Crippen LogP contribution >= 0.6 is 0 Å². The molecule has 0 aliphatic rings. The van der Waals surface area contributed by atoms with Crippen LogP contribution in [0.25, 0.3) is 16.9 Å². The second-order valence-corrected chi connectivity index (χ2v) is 6.10. The predicted octanol–water partition coefficient (Wildman–Crippen LogP) is 4.19. The van der Waals surface area contributed by atoms with Crippen LogP contribution in [0.1, 0.15) is 11.1 Å². The summed E-state index contributed by atoms with van der Waals surface area (Å²) in [5, 5.41) is 4.58. The Labute approximate surface area is 140 Å². The summed E-state index contributed by atoms with van der Waals surface area (Å²) >= 11 is 0. The summed E-state index contributed by atoms with van der Waals surface area (Å²) in [6.07, 6.45) is 1.80. The Morgan fingerprint density at radius 1 is 1.08 bits per heavy atom. The lowest BCUT2D eigenvalue weighted by Crippen LogP contribution is -2.10. The van der Waals surface area contributed by atoms with Crippen molar-refractivity contribution in [1.82, 2.24) is 14.7 Å². The fraction of sp³-hybridized carbons (Fsp3) is 0.211. The summed E-state index contributed by atoms with van der Waals surface area (Å²) in [6.45, 7) is 2.69. The van der Waals surface area contributed by atoms with E-state index in [1.807, 2.05) is 50.2 Å². The lowest BCUT2D eigenvalue weighted by molar-refractivity contribution is 0.403. The van der Waals surface area contributed by atoms with Gasteiger partial charge in [-0.05, 0) is 38.7 Å². The molecule has 0 spiro atoms. The molecule has 1 heterocycles. The van der Waals surface area contributed by atoms with E-state index in [0.29, 0.717) is 6.54 Å². The minimum absolute atomic E-state index is 0.233. The van der Waals surface area contributed by atoms with Crippen molar-refractivity contribution in [3.8, 4) is 16.9 Å². The van der Waals surface area contributed by atoms with Gasteiger partial charge in [-0.3, -0.25) is 0 Å². The molecule has 0 aliphatic heterocycles. The zero-order valence-corrected chi connectivity index (χ0v) is 13.9. The van der Waals surface area contributed by atoms with Gasteiger partial charge in [0.2, 0.25) is 0 Å². The van der Waals surface area contributed by atoms with Gasteiger partial charge in [0, 0.05) is 29.9 Å². The van der Waals surface area contributed by atoms with Crippen LogP contribution in [0, 0.1) is 18.6 Å². The van der Waals surface area contributed by atoms with Gasteiger partial charge in [0.1, 0.15) is 11.5 Å². The van der Waals surface area contributed by atoms with Crippen LogP contribution in [0.15, 0.2) is 48.7 Å². The highest BCUT2D eigenvalue weighted by Crippen LogP contribution is 2.27. The fourth-order valence-electron chi connectivity index (χ4n) is 2.72. The van der Waals surface area contributed by atoms with E-state index in [4.69, 9.17) is 0 Å². The summed E-state index contributed by atoms with van der Waals surface area (Å²) in [5.74, 6) is -1.23. The fourth-order valence-corrected chi connectivity index (χ4v) is 2.72. The Kier molecular flexibility index (Phi) is 4.44. The maximum atomic E-state index is 14.1. The van der Waals surface area contributed by atoms with Crippen LogP contribution in [0.2, 0.25) is 0 Å². The van der Waals surface area contributed by atoms with Gasteiger partial charge in [-0.15, -0.1) is 0 Å². The maximum absolute atomic E-state index is 14.1. The molecule has 2 aromatic carbocycles. The molecule has 0 saturated carbocycles. The molecule has 0 unspecified atom stereocenters. The molecule has 0 atom stereocenters. The van der Waals surface area contributed by atoms with Gasteiger partial charge >= 0.3 is 0 Å². The van der Waals surface area contributed by atoms with E-state index < -0.39 is 11.6 Å². The number of halogens is 2. The quantitative estimate of drug-likeness (QED) is 0.716. The average molecular weight is 327 g/mol. The first-order valence-electron chi connectivity index (χ1n) is 7.70. The Morgan fingerprint density at radius 2 is 1.83 bits per heavy atom. The van der Waals surface area contributed by atoms with Gasteiger partial charge in [-0.25, -0.2) is 13.5 Å². The molecule has 5 heteroatoms. The van der Waals surface area contributed by atoms with Crippen molar-refractivity contribution in [1.29, 1.82) is 0 Å². The number of benzene rings is 2. The van der Waals surface area contributed by atoms with E-state index in [1.165, 1.54) is 16.8 Å². The lowest BCUT2D eigenvalue weighted by atomic mass is 10.0. The smallest absolute Gasteiger partial charge is 0.151 e. The molecule has 3 nitrogen and oxygen atoms in total. The number of hydrogen-bond donors (Lipinski definition) is 0. The molecule has 0 radical (unpaired) electrons. The minimum Gasteiger partial charge on any atom is -0.305 e. The van der Waals surface area contributed by atoms with Crippen molar-refractivity contribution < 1.29 is 8.78 Å². The molecule has 124 valence electrons. The van der Waals surface area contributed by atoms with Gasteiger partial charge in [0.15, 0.2) is 5.82 Å². The maximum Gasteiger partial charge on any atom is 0.151 e. The zero-order chi connectivity index (χ0) is 17.3. The number of nitrogens with zero attached hydrogens (tertiary/aromatic N) is 3. The molecule has 0 aliphatic carbocycles. The van der Waals surface area contributed by atoms with Gasteiger partial charge in [0.25, 0.3) is 0 Å². The number of rotatable bonds is 4. The topological polar surface area (TPSA) is 21.1 Å². The minimum atomic E-state index is -0.634. The highest BCUT2D eigenvalue weighted by atomic mass is 19.1. The third-order valence-electron chi connectivity index (χ3n) is 3.83. The Morgan fingerprint density at radius 3 is 2.50 bits per heavy atom. The molecule has 0 amide bonds. The highest BCUT2D eigenvalue weighted by Gasteiger charge is 2.16. The third kappa shape index (κ3) is 3.21. The molecular formula is C19H19F2N3. The zero-order valence-electron chi connectivity index (χ0n) is 13.9. The summed E-state index contributed by atoms with van der Waals surface area (Å²) in [4.78, 5) is 2.03. The molecule has 3 aromatic rings. The van der Waals surface area contributed by atoms with Gasteiger partial charge in [-0.1, -0.05) is 24.3 Å². The highest BCUT2D eigenvalue weighted by molar-refractivity contribution is 5.66. The molecule has 1 aromatic heterocycles. The normalized spacial score (nSPS) is 11.2. The molecular weight excluding hydrogens is 308 g/mol. The van der Waals surface area contributed by atoms with E-state index in [-0.39, 0.29) is 5.69 Å². The first-order valence-corrected chi connectivity index (χ1v) is 7.70. The van der Waals surface area contributed by atoms with Crippen LogP contribution < -0.4 is 0 Å². The first kappa shape index (κ1) is 16.3. The van der Waals surface area contributed by atoms with Gasteiger partial charge < -0.3 is 4.90 Å². The third-order valence-corrected chi connectivity index (χ3v) is 3.83. The second-order valence-electron chi connectivity index (χ2n) is 6.10. The van der Waals surface area contributed by atoms with Crippen LogP contribution in [-0.2, 0) is 6.54 Å². The SMILES string of the molecule is Cc1ccccc1-c1nn(-c2ccc(F)cc2F)cc1CN(C)C. The molecule has 3 rings (SSSR count). The average Bonchev–Trinajstić information content (AvgIpc) is 2.90. The molecule has 0 bridgehead atoms. The second kappa shape index (κ2) is 6.53. The van der Waals surface area contributed by atoms with Gasteiger partial charge in [0.05, 0.1) is 5.69 Å². The van der Waals surface area contributed by atoms with E-state index in [9.17, 15) is 8.78 Å². The monoisotopic (exact) mass is 327 g/mol. The predicted molar refractivity (Wildman–Crippen MR) is 91.0 cm³/mol. The number of aromatic nitrogens is 2. The van der Waals surface area contributed by atoms with Crippen LogP contribution in [0.3, 0.4) is 0 Å². The van der Waals surface area contributed by atoms with Crippen LogP contribution in [0.5, 0.6) is 0 Å². The van der Waals surface area contributed by atoms with E-state index in [1.54, 1.807) is 6.20 Å². The standard InChI is InChI=1S/C19H19F2N3/c1-13-6-4-5-7-16(13)19-14(11-23(2)3)12-24(22-19)18-9-8-15(20)10-17(18)21/h4-10,12H,11H2,1-3H3. The summed E-state index contributed by atoms with van der Waals surface area (Å²) < 4.78 is 28.8. The summed E-state index contributed by atoms with van der Waals surface area (Å²) in [5.41, 5.74) is 4.14.